The first kappa shape index (κ1) is 24.8. The van der Waals surface area contributed by atoms with E-state index in [1.165, 1.54) is 12.8 Å². The number of rotatable bonds is 5. The average molecular weight is 439 g/mol. The molecule has 3 rings (SSSR count). The van der Waals surface area contributed by atoms with E-state index in [-0.39, 0.29) is 36.6 Å². The van der Waals surface area contributed by atoms with Crippen LogP contribution in [0.15, 0.2) is 48.5 Å². The number of nitrogens with one attached hydrogen (secondary N) is 2. The SMILES string of the molecule is Cl.Cl.Nc1cccc(C(=O)Nc2cccc(NC(=O)CN3CCCCCC3)c2)c1. The predicted molar refractivity (Wildman–Crippen MR) is 123 cm³/mol. The minimum absolute atomic E-state index is 0. The number of hydrogen-bond acceptors (Lipinski definition) is 4. The first-order chi connectivity index (χ1) is 13.1. The molecule has 2 aromatic carbocycles. The summed E-state index contributed by atoms with van der Waals surface area (Å²) in [5.74, 6) is -0.272. The molecular formula is C21H28Cl2N4O2. The number of benzene rings is 2. The number of nitrogens with zero attached hydrogens (tertiary/aromatic N) is 1. The van der Waals surface area contributed by atoms with E-state index in [1.54, 1.807) is 42.5 Å². The largest absolute Gasteiger partial charge is 0.399 e. The van der Waals surface area contributed by atoms with Crippen LogP contribution in [0.25, 0.3) is 0 Å². The van der Waals surface area contributed by atoms with Crippen LogP contribution >= 0.6 is 24.8 Å². The van der Waals surface area contributed by atoms with Crippen molar-refractivity contribution in [3.8, 4) is 0 Å². The van der Waals surface area contributed by atoms with Gasteiger partial charge in [-0.15, -0.1) is 24.8 Å². The van der Waals surface area contributed by atoms with Crippen LogP contribution in [0.4, 0.5) is 17.1 Å². The highest BCUT2D eigenvalue weighted by Gasteiger charge is 2.13. The summed E-state index contributed by atoms with van der Waals surface area (Å²) in [5.41, 5.74) is 8.04. The standard InChI is InChI=1S/C21H26N4O2.2ClH/c22-17-8-5-7-16(13-17)21(27)24-19-10-6-9-18(14-19)23-20(26)15-25-11-3-1-2-4-12-25;;/h5-10,13-14H,1-4,11-12,15,22H2,(H,23,26)(H,24,27);2*1H. The molecule has 0 atom stereocenters. The van der Waals surface area contributed by atoms with Crippen molar-refractivity contribution in [1.29, 1.82) is 0 Å². The predicted octanol–water partition coefficient (Wildman–Crippen LogP) is 4.18. The maximum atomic E-state index is 12.3. The topological polar surface area (TPSA) is 87.5 Å². The second-order valence-corrected chi connectivity index (χ2v) is 6.90. The molecule has 1 saturated heterocycles. The van der Waals surface area contributed by atoms with Crippen molar-refractivity contribution in [2.24, 2.45) is 0 Å². The molecule has 0 aliphatic carbocycles. The third-order valence-corrected chi connectivity index (χ3v) is 4.62. The number of anilines is 3. The summed E-state index contributed by atoms with van der Waals surface area (Å²) in [6.07, 6.45) is 4.79. The lowest BCUT2D eigenvalue weighted by molar-refractivity contribution is -0.117. The van der Waals surface area contributed by atoms with Gasteiger partial charge in [-0.1, -0.05) is 25.0 Å². The Morgan fingerprint density at radius 2 is 1.48 bits per heavy atom. The normalized spacial score (nSPS) is 13.9. The van der Waals surface area contributed by atoms with Crippen LogP contribution in [-0.2, 0) is 4.79 Å². The third kappa shape index (κ3) is 7.93. The average Bonchev–Trinajstić information content (AvgIpc) is 2.90. The summed E-state index contributed by atoms with van der Waals surface area (Å²) in [6, 6.07) is 14.0. The van der Waals surface area contributed by atoms with Gasteiger partial charge in [0.15, 0.2) is 0 Å². The summed E-state index contributed by atoms with van der Waals surface area (Å²) in [6.45, 7) is 2.35. The highest BCUT2D eigenvalue weighted by Crippen LogP contribution is 2.17. The second-order valence-electron chi connectivity index (χ2n) is 6.90. The Morgan fingerprint density at radius 1 is 0.862 bits per heavy atom. The van der Waals surface area contributed by atoms with Crippen molar-refractivity contribution < 1.29 is 9.59 Å². The van der Waals surface area contributed by atoms with Gasteiger partial charge >= 0.3 is 0 Å². The van der Waals surface area contributed by atoms with E-state index < -0.39 is 0 Å². The van der Waals surface area contributed by atoms with Crippen molar-refractivity contribution in [3.63, 3.8) is 0 Å². The molecule has 0 saturated carbocycles. The quantitative estimate of drug-likeness (QED) is 0.610. The molecule has 4 N–H and O–H groups in total. The number of nitrogen functional groups attached to an aromatic ring is 1. The highest BCUT2D eigenvalue weighted by atomic mass is 35.5. The Labute approximate surface area is 184 Å². The number of halogens is 2. The monoisotopic (exact) mass is 438 g/mol. The van der Waals surface area contributed by atoms with Crippen LogP contribution in [0.2, 0.25) is 0 Å². The summed E-state index contributed by atoms with van der Waals surface area (Å²) < 4.78 is 0. The van der Waals surface area contributed by atoms with Gasteiger partial charge in [-0.25, -0.2) is 0 Å². The van der Waals surface area contributed by atoms with Gasteiger partial charge in [0.2, 0.25) is 5.91 Å². The van der Waals surface area contributed by atoms with E-state index in [9.17, 15) is 9.59 Å². The number of hydrogen-bond donors (Lipinski definition) is 3. The van der Waals surface area contributed by atoms with Crippen LogP contribution in [0, 0.1) is 0 Å². The summed E-state index contributed by atoms with van der Waals surface area (Å²) in [4.78, 5) is 26.9. The Balaban J connectivity index is 0.00000210. The first-order valence-corrected chi connectivity index (χ1v) is 9.39. The molecule has 2 aromatic rings. The van der Waals surface area contributed by atoms with Gasteiger partial charge in [0, 0.05) is 22.6 Å². The van der Waals surface area contributed by atoms with Gasteiger partial charge in [0.25, 0.3) is 5.91 Å². The van der Waals surface area contributed by atoms with Crippen LogP contribution < -0.4 is 16.4 Å². The summed E-state index contributed by atoms with van der Waals surface area (Å²) >= 11 is 0. The van der Waals surface area contributed by atoms with E-state index in [1.807, 2.05) is 6.07 Å². The number of carbonyl (C=O) groups excluding carboxylic acids is 2. The van der Waals surface area contributed by atoms with Gasteiger partial charge in [-0.2, -0.15) is 0 Å². The van der Waals surface area contributed by atoms with Crippen LogP contribution in [0.1, 0.15) is 36.0 Å². The molecule has 0 radical (unpaired) electrons. The lowest BCUT2D eigenvalue weighted by atomic mass is 10.2. The third-order valence-electron chi connectivity index (χ3n) is 4.62. The molecule has 0 spiro atoms. The zero-order valence-corrected chi connectivity index (χ0v) is 17.9. The van der Waals surface area contributed by atoms with Crippen LogP contribution in [-0.4, -0.2) is 36.3 Å². The molecule has 8 heteroatoms. The van der Waals surface area contributed by atoms with Gasteiger partial charge in [0.05, 0.1) is 6.54 Å². The minimum Gasteiger partial charge on any atom is -0.399 e. The Bertz CT molecular complexity index is 809. The molecule has 1 aliphatic heterocycles. The molecule has 0 aromatic heterocycles. The molecular weight excluding hydrogens is 411 g/mol. The number of amides is 2. The maximum Gasteiger partial charge on any atom is 0.255 e. The van der Waals surface area contributed by atoms with Gasteiger partial charge in [-0.05, 0) is 62.3 Å². The fourth-order valence-corrected chi connectivity index (χ4v) is 3.26. The van der Waals surface area contributed by atoms with E-state index in [0.717, 1.165) is 25.9 Å². The number of likely N-dealkylation sites (tertiary alicyclic amines) is 1. The first-order valence-electron chi connectivity index (χ1n) is 9.39. The molecule has 1 heterocycles. The van der Waals surface area contributed by atoms with Gasteiger partial charge in [0.1, 0.15) is 0 Å². The fraction of sp³-hybridized carbons (Fsp3) is 0.333. The van der Waals surface area contributed by atoms with E-state index in [2.05, 4.69) is 15.5 Å². The highest BCUT2D eigenvalue weighted by molar-refractivity contribution is 6.05. The molecule has 158 valence electrons. The smallest absolute Gasteiger partial charge is 0.255 e. The number of carbonyl (C=O) groups is 2. The molecule has 1 fully saturated rings. The molecule has 0 bridgehead atoms. The van der Waals surface area contributed by atoms with Gasteiger partial charge < -0.3 is 16.4 Å². The van der Waals surface area contributed by atoms with Gasteiger partial charge in [-0.3, -0.25) is 14.5 Å². The van der Waals surface area contributed by atoms with Crippen LogP contribution in [0.5, 0.6) is 0 Å². The molecule has 29 heavy (non-hydrogen) atoms. The Kier molecular flexibility index (Phi) is 10.5. The van der Waals surface area contributed by atoms with Crippen molar-refractivity contribution in [1.82, 2.24) is 4.90 Å². The minimum atomic E-state index is -0.240. The molecule has 0 unspecified atom stereocenters. The molecule has 6 nitrogen and oxygen atoms in total. The van der Waals surface area contributed by atoms with Crippen LogP contribution in [0.3, 0.4) is 0 Å². The molecule has 2 amide bonds. The second kappa shape index (κ2) is 12.3. The Hall–Kier alpha value is -2.28. The Morgan fingerprint density at radius 3 is 2.14 bits per heavy atom. The lowest BCUT2D eigenvalue weighted by Gasteiger charge is -2.19. The van der Waals surface area contributed by atoms with Crippen molar-refractivity contribution in [2.45, 2.75) is 25.7 Å². The van der Waals surface area contributed by atoms with Crippen molar-refractivity contribution in [2.75, 3.05) is 36.0 Å². The maximum absolute atomic E-state index is 12.3. The molecule has 1 aliphatic rings. The summed E-state index contributed by atoms with van der Waals surface area (Å²) in [7, 11) is 0. The fourth-order valence-electron chi connectivity index (χ4n) is 3.26. The van der Waals surface area contributed by atoms with E-state index >= 15 is 0 Å². The lowest BCUT2D eigenvalue weighted by Crippen LogP contribution is -2.33. The van der Waals surface area contributed by atoms with E-state index in [0.29, 0.717) is 29.2 Å². The van der Waals surface area contributed by atoms with E-state index in [4.69, 9.17) is 5.73 Å². The van der Waals surface area contributed by atoms with Crippen molar-refractivity contribution >= 4 is 53.7 Å². The van der Waals surface area contributed by atoms with Crippen molar-refractivity contribution in [3.05, 3.63) is 54.1 Å². The number of nitrogens with two attached hydrogens (primary N) is 1. The summed E-state index contributed by atoms with van der Waals surface area (Å²) in [5, 5.41) is 5.75. The zero-order valence-electron chi connectivity index (χ0n) is 16.2. The zero-order chi connectivity index (χ0) is 19.1.